The highest BCUT2D eigenvalue weighted by Gasteiger charge is 2.35. The maximum Gasteiger partial charge on any atom is 0.293 e. The van der Waals surface area contributed by atoms with E-state index in [2.05, 4.69) is 0 Å². The van der Waals surface area contributed by atoms with E-state index in [0.717, 1.165) is 22.2 Å². The molecule has 0 bridgehead atoms. The van der Waals surface area contributed by atoms with Gasteiger partial charge < -0.3 is 9.47 Å². The van der Waals surface area contributed by atoms with Crippen molar-refractivity contribution in [2.24, 2.45) is 0 Å². The van der Waals surface area contributed by atoms with Gasteiger partial charge in [0.05, 0.1) is 18.6 Å². The van der Waals surface area contributed by atoms with E-state index in [1.54, 1.807) is 54.6 Å². The highest BCUT2D eigenvalue weighted by molar-refractivity contribution is 8.18. The van der Waals surface area contributed by atoms with Crippen molar-refractivity contribution < 1.29 is 23.5 Å². The molecule has 1 aliphatic rings. The minimum absolute atomic E-state index is 0.0139. The zero-order valence-corrected chi connectivity index (χ0v) is 20.2. The first-order chi connectivity index (χ1) is 16.4. The highest BCUT2D eigenvalue weighted by Crippen LogP contribution is 2.37. The molecule has 0 aromatic heterocycles. The van der Waals surface area contributed by atoms with E-state index in [0.29, 0.717) is 32.7 Å². The summed E-state index contributed by atoms with van der Waals surface area (Å²) in [5.74, 6) is 0.204. The Morgan fingerprint density at radius 2 is 1.71 bits per heavy atom. The van der Waals surface area contributed by atoms with Crippen LogP contribution in [0.1, 0.15) is 16.7 Å². The van der Waals surface area contributed by atoms with E-state index in [9.17, 15) is 14.0 Å². The summed E-state index contributed by atoms with van der Waals surface area (Å²) in [5.41, 5.74) is 1.98. The second-order valence-electron chi connectivity index (χ2n) is 7.29. The molecule has 1 saturated heterocycles. The number of hydrogen-bond acceptors (Lipinski definition) is 5. The molecule has 0 N–H and O–H groups in total. The molecule has 1 aliphatic heterocycles. The number of halogens is 3. The largest absolute Gasteiger partial charge is 0.493 e. The van der Waals surface area contributed by atoms with Crippen molar-refractivity contribution in [2.45, 2.75) is 13.2 Å². The Bertz CT molecular complexity index is 1260. The number of carbonyl (C=O) groups excluding carboxylic acids is 2. The second-order valence-corrected chi connectivity index (χ2v) is 9.10. The Morgan fingerprint density at radius 1 is 1.00 bits per heavy atom. The molecule has 34 heavy (non-hydrogen) atoms. The van der Waals surface area contributed by atoms with Crippen LogP contribution in [0.2, 0.25) is 10.0 Å². The van der Waals surface area contributed by atoms with Gasteiger partial charge in [0.25, 0.3) is 11.1 Å². The van der Waals surface area contributed by atoms with Crippen LogP contribution >= 0.6 is 35.0 Å². The van der Waals surface area contributed by atoms with Crippen LogP contribution in [0.5, 0.6) is 11.5 Å². The van der Waals surface area contributed by atoms with E-state index in [1.165, 1.54) is 19.2 Å². The number of methoxy groups -OCH3 is 1. The standard InChI is InChI=1S/C25H18Cl2FNO4S/c1-32-22-11-16(7-10-21(22)33-14-15-5-8-17(28)9-6-15)12-23-24(30)29(25(31)34-23)13-18-19(26)3-2-4-20(18)27/h2-12H,13-14H2,1H3/b23-12-. The summed E-state index contributed by atoms with van der Waals surface area (Å²) in [7, 11) is 1.51. The number of hydrogen-bond donors (Lipinski definition) is 0. The van der Waals surface area contributed by atoms with Gasteiger partial charge in [-0.2, -0.15) is 0 Å². The minimum atomic E-state index is -0.429. The highest BCUT2D eigenvalue weighted by atomic mass is 35.5. The third kappa shape index (κ3) is 5.38. The van der Waals surface area contributed by atoms with Crippen LogP contribution < -0.4 is 9.47 Å². The Morgan fingerprint density at radius 3 is 2.38 bits per heavy atom. The van der Waals surface area contributed by atoms with Crippen LogP contribution in [0, 0.1) is 5.82 Å². The van der Waals surface area contributed by atoms with Crippen LogP contribution in [-0.4, -0.2) is 23.2 Å². The van der Waals surface area contributed by atoms with Gasteiger partial charge in [0.15, 0.2) is 11.5 Å². The van der Waals surface area contributed by atoms with Crippen molar-refractivity contribution in [3.05, 3.63) is 98.1 Å². The van der Waals surface area contributed by atoms with E-state index >= 15 is 0 Å². The number of amides is 2. The number of thioether (sulfide) groups is 1. The number of benzene rings is 3. The van der Waals surface area contributed by atoms with Gasteiger partial charge in [-0.25, -0.2) is 4.39 Å². The fraction of sp³-hybridized carbons (Fsp3) is 0.120. The average molecular weight is 518 g/mol. The number of nitrogens with zero attached hydrogens (tertiary/aromatic N) is 1. The molecular formula is C25H18Cl2FNO4S. The topological polar surface area (TPSA) is 55.8 Å². The molecule has 0 spiro atoms. The molecule has 1 fully saturated rings. The summed E-state index contributed by atoms with van der Waals surface area (Å²) in [4.78, 5) is 26.8. The quantitative estimate of drug-likeness (QED) is 0.317. The summed E-state index contributed by atoms with van der Waals surface area (Å²) in [6, 6.07) is 16.2. The first kappa shape index (κ1) is 24.1. The molecule has 9 heteroatoms. The third-order valence-electron chi connectivity index (χ3n) is 5.04. The van der Waals surface area contributed by atoms with Crippen LogP contribution in [0.4, 0.5) is 9.18 Å². The molecule has 3 aromatic rings. The van der Waals surface area contributed by atoms with Gasteiger partial charge in [-0.05, 0) is 65.4 Å². The van der Waals surface area contributed by atoms with E-state index in [-0.39, 0.29) is 23.9 Å². The molecule has 0 radical (unpaired) electrons. The summed E-state index contributed by atoms with van der Waals surface area (Å²) in [6.07, 6.45) is 1.62. The number of ether oxygens (including phenoxy) is 2. The lowest BCUT2D eigenvalue weighted by molar-refractivity contribution is -0.123. The zero-order chi connectivity index (χ0) is 24.2. The second kappa shape index (κ2) is 10.5. The van der Waals surface area contributed by atoms with Crippen molar-refractivity contribution in [1.82, 2.24) is 4.90 Å². The van der Waals surface area contributed by atoms with Gasteiger partial charge in [0.2, 0.25) is 0 Å². The van der Waals surface area contributed by atoms with Crippen molar-refractivity contribution in [2.75, 3.05) is 7.11 Å². The van der Waals surface area contributed by atoms with E-state index in [4.69, 9.17) is 32.7 Å². The normalized spacial score (nSPS) is 14.7. The molecular weight excluding hydrogens is 500 g/mol. The van der Waals surface area contributed by atoms with Crippen molar-refractivity contribution in [1.29, 1.82) is 0 Å². The SMILES string of the molecule is COc1cc(/C=C2\SC(=O)N(Cc3c(Cl)cccc3Cl)C2=O)ccc1OCc1ccc(F)cc1. The van der Waals surface area contributed by atoms with Gasteiger partial charge in [0, 0.05) is 15.6 Å². The summed E-state index contributed by atoms with van der Waals surface area (Å²) >= 11 is 13.2. The molecule has 5 nitrogen and oxygen atoms in total. The monoisotopic (exact) mass is 517 g/mol. The molecule has 2 amide bonds. The van der Waals surface area contributed by atoms with Gasteiger partial charge in [-0.3, -0.25) is 14.5 Å². The molecule has 4 rings (SSSR count). The zero-order valence-electron chi connectivity index (χ0n) is 17.9. The minimum Gasteiger partial charge on any atom is -0.493 e. The molecule has 0 unspecified atom stereocenters. The lowest BCUT2D eigenvalue weighted by Gasteiger charge is -2.14. The maximum atomic E-state index is 13.1. The van der Waals surface area contributed by atoms with Crippen LogP contribution in [-0.2, 0) is 17.9 Å². The van der Waals surface area contributed by atoms with Gasteiger partial charge in [-0.15, -0.1) is 0 Å². The molecule has 174 valence electrons. The van der Waals surface area contributed by atoms with Gasteiger partial charge in [-0.1, -0.05) is 47.5 Å². The Labute approximate surface area is 210 Å². The molecule has 0 atom stereocenters. The average Bonchev–Trinajstić information content (AvgIpc) is 3.08. The summed E-state index contributed by atoms with van der Waals surface area (Å²) < 4.78 is 24.3. The van der Waals surface area contributed by atoms with E-state index < -0.39 is 11.1 Å². The smallest absolute Gasteiger partial charge is 0.293 e. The maximum absolute atomic E-state index is 13.1. The molecule has 3 aromatic carbocycles. The fourth-order valence-electron chi connectivity index (χ4n) is 3.26. The molecule has 1 heterocycles. The van der Waals surface area contributed by atoms with Crippen LogP contribution in [0.3, 0.4) is 0 Å². The summed E-state index contributed by atoms with van der Waals surface area (Å²) in [6.45, 7) is 0.222. The first-order valence-electron chi connectivity index (χ1n) is 10.1. The predicted molar refractivity (Wildman–Crippen MR) is 132 cm³/mol. The Balaban J connectivity index is 1.50. The fourth-order valence-corrected chi connectivity index (χ4v) is 4.62. The first-order valence-corrected chi connectivity index (χ1v) is 11.7. The molecule has 0 saturated carbocycles. The van der Waals surface area contributed by atoms with Crippen LogP contribution in [0.25, 0.3) is 6.08 Å². The van der Waals surface area contributed by atoms with Crippen molar-refractivity contribution >= 4 is 52.2 Å². The van der Waals surface area contributed by atoms with Crippen LogP contribution in [0.15, 0.2) is 65.6 Å². The summed E-state index contributed by atoms with van der Waals surface area (Å²) in [5, 5.41) is 0.367. The van der Waals surface area contributed by atoms with Crippen molar-refractivity contribution in [3.8, 4) is 11.5 Å². The molecule has 0 aliphatic carbocycles. The van der Waals surface area contributed by atoms with Gasteiger partial charge in [0.1, 0.15) is 12.4 Å². The number of rotatable bonds is 7. The Kier molecular flexibility index (Phi) is 7.46. The number of imide groups is 1. The lowest BCUT2D eigenvalue weighted by Crippen LogP contribution is -2.27. The van der Waals surface area contributed by atoms with Gasteiger partial charge >= 0.3 is 0 Å². The van der Waals surface area contributed by atoms with E-state index in [1.807, 2.05) is 0 Å². The van der Waals surface area contributed by atoms with Crippen molar-refractivity contribution in [3.63, 3.8) is 0 Å². The predicted octanol–water partition coefficient (Wildman–Crippen LogP) is 6.96. The Hall–Kier alpha value is -3.00. The third-order valence-corrected chi connectivity index (χ3v) is 6.66. The number of carbonyl (C=O) groups is 2. The lowest BCUT2D eigenvalue weighted by atomic mass is 10.1.